The zero-order chi connectivity index (χ0) is 35.8. The van der Waals surface area contributed by atoms with Crippen molar-refractivity contribution in [2.75, 3.05) is 4.90 Å². The SMILES string of the molecule is c1ccc(-c2nc3c(ccc4cc(-c5ccc(-c6ccc(N(c7ccccc7)c7ccc(-c8ccc9ccccc9c8)cc7)cc6)cc5)ccc43)o2)cc1. The molecule has 0 saturated heterocycles. The van der Waals surface area contributed by atoms with Crippen molar-refractivity contribution in [2.45, 2.75) is 0 Å². The molecule has 54 heavy (non-hydrogen) atoms. The van der Waals surface area contributed by atoms with Gasteiger partial charge < -0.3 is 9.32 Å². The number of nitrogens with zero attached hydrogens (tertiary/aromatic N) is 2. The molecule has 254 valence electrons. The molecule has 0 amide bonds. The van der Waals surface area contributed by atoms with Gasteiger partial charge in [0.1, 0.15) is 5.52 Å². The summed E-state index contributed by atoms with van der Waals surface area (Å²) in [6, 6.07) is 73.1. The Morgan fingerprint density at radius 1 is 0.333 bits per heavy atom. The second-order valence-corrected chi connectivity index (χ2v) is 13.6. The van der Waals surface area contributed by atoms with Gasteiger partial charge in [0.2, 0.25) is 5.89 Å². The average Bonchev–Trinajstić information content (AvgIpc) is 3.70. The molecule has 10 rings (SSSR count). The minimum atomic E-state index is 0.644. The van der Waals surface area contributed by atoms with E-state index in [1.54, 1.807) is 0 Å². The van der Waals surface area contributed by atoms with Crippen molar-refractivity contribution < 1.29 is 4.42 Å². The van der Waals surface area contributed by atoms with Gasteiger partial charge in [0.05, 0.1) is 0 Å². The summed E-state index contributed by atoms with van der Waals surface area (Å²) in [7, 11) is 0. The molecular weight excluding hydrogens is 657 g/mol. The maximum Gasteiger partial charge on any atom is 0.227 e. The lowest BCUT2D eigenvalue weighted by atomic mass is 9.98. The molecule has 1 aromatic heterocycles. The van der Waals surface area contributed by atoms with Crippen LogP contribution in [0, 0.1) is 0 Å². The maximum atomic E-state index is 6.11. The maximum absolute atomic E-state index is 6.11. The number of para-hydroxylation sites is 1. The summed E-state index contributed by atoms with van der Waals surface area (Å²) in [6.07, 6.45) is 0. The molecule has 0 saturated carbocycles. The number of fused-ring (bicyclic) bond motifs is 4. The van der Waals surface area contributed by atoms with Gasteiger partial charge in [0, 0.05) is 28.0 Å². The molecular formula is C51H34N2O. The lowest BCUT2D eigenvalue weighted by Gasteiger charge is -2.26. The highest BCUT2D eigenvalue weighted by Gasteiger charge is 2.14. The fourth-order valence-electron chi connectivity index (χ4n) is 7.46. The van der Waals surface area contributed by atoms with Crippen molar-refractivity contribution in [3.63, 3.8) is 0 Å². The molecule has 0 atom stereocenters. The van der Waals surface area contributed by atoms with E-state index >= 15 is 0 Å². The van der Waals surface area contributed by atoms with Gasteiger partial charge >= 0.3 is 0 Å². The molecule has 0 N–H and O–H groups in total. The number of benzene rings is 9. The first kappa shape index (κ1) is 31.5. The van der Waals surface area contributed by atoms with E-state index in [0.29, 0.717) is 5.89 Å². The van der Waals surface area contributed by atoms with Gasteiger partial charge in [-0.1, -0.05) is 140 Å². The summed E-state index contributed by atoms with van der Waals surface area (Å²) in [5, 5.41) is 4.73. The Morgan fingerprint density at radius 3 is 1.44 bits per heavy atom. The summed E-state index contributed by atoms with van der Waals surface area (Å²) < 4.78 is 6.11. The van der Waals surface area contributed by atoms with E-state index in [2.05, 4.69) is 175 Å². The normalized spacial score (nSPS) is 11.3. The standard InChI is InChI=1S/C51H34N2O/c1-3-10-40(11-4-1)51-52-50-48-31-25-43(34-44(48)26-32-49(50)54-51)38-17-15-36(16-18-38)37-21-27-46(28-22-37)53(45-13-5-2-6-14-45)47-29-23-39(24-30-47)42-20-19-35-9-7-8-12-41(35)33-42/h1-34H. The van der Waals surface area contributed by atoms with Crippen LogP contribution in [0.15, 0.2) is 211 Å². The van der Waals surface area contributed by atoms with Gasteiger partial charge in [-0.05, 0) is 116 Å². The lowest BCUT2D eigenvalue weighted by Crippen LogP contribution is -2.09. The molecule has 0 unspecified atom stereocenters. The Morgan fingerprint density at radius 2 is 0.796 bits per heavy atom. The number of hydrogen-bond acceptors (Lipinski definition) is 3. The number of hydrogen-bond donors (Lipinski definition) is 0. The minimum absolute atomic E-state index is 0.644. The Hall–Kier alpha value is -7.23. The van der Waals surface area contributed by atoms with Crippen molar-refractivity contribution in [2.24, 2.45) is 0 Å². The summed E-state index contributed by atoms with van der Waals surface area (Å²) in [6.45, 7) is 0. The van der Waals surface area contributed by atoms with Crippen LogP contribution < -0.4 is 4.90 Å². The van der Waals surface area contributed by atoms with Crippen LogP contribution in [0.3, 0.4) is 0 Å². The molecule has 1 heterocycles. The third-order valence-corrected chi connectivity index (χ3v) is 10.3. The Kier molecular flexibility index (Phi) is 7.81. The van der Waals surface area contributed by atoms with Crippen LogP contribution in [0.5, 0.6) is 0 Å². The largest absolute Gasteiger partial charge is 0.436 e. The van der Waals surface area contributed by atoms with Crippen molar-refractivity contribution in [3.05, 3.63) is 206 Å². The van der Waals surface area contributed by atoms with Crippen LogP contribution in [-0.4, -0.2) is 4.98 Å². The number of aromatic nitrogens is 1. The summed E-state index contributed by atoms with van der Waals surface area (Å²) in [5.41, 5.74) is 13.1. The predicted octanol–water partition coefficient (Wildman–Crippen LogP) is 14.3. The topological polar surface area (TPSA) is 29.3 Å². The quantitative estimate of drug-likeness (QED) is 0.167. The van der Waals surface area contributed by atoms with E-state index in [9.17, 15) is 0 Å². The first-order chi connectivity index (χ1) is 26.7. The van der Waals surface area contributed by atoms with Crippen LogP contribution in [0.1, 0.15) is 0 Å². The molecule has 0 bridgehead atoms. The minimum Gasteiger partial charge on any atom is -0.436 e. The van der Waals surface area contributed by atoms with Crippen LogP contribution >= 0.6 is 0 Å². The molecule has 0 aliphatic carbocycles. The fraction of sp³-hybridized carbons (Fsp3) is 0. The highest BCUT2D eigenvalue weighted by Crippen LogP contribution is 2.38. The van der Waals surface area contributed by atoms with Gasteiger partial charge in [-0.3, -0.25) is 0 Å². The predicted molar refractivity (Wildman–Crippen MR) is 225 cm³/mol. The summed E-state index contributed by atoms with van der Waals surface area (Å²) in [5.74, 6) is 0.644. The Labute approximate surface area is 314 Å². The van der Waals surface area contributed by atoms with Gasteiger partial charge in [-0.25, -0.2) is 4.98 Å². The van der Waals surface area contributed by atoms with Gasteiger partial charge in [-0.15, -0.1) is 0 Å². The first-order valence-corrected chi connectivity index (χ1v) is 18.3. The molecule has 9 aromatic carbocycles. The number of oxazole rings is 1. The average molecular weight is 691 g/mol. The number of rotatable bonds is 7. The van der Waals surface area contributed by atoms with Crippen LogP contribution in [0.2, 0.25) is 0 Å². The fourth-order valence-corrected chi connectivity index (χ4v) is 7.46. The smallest absolute Gasteiger partial charge is 0.227 e. The molecule has 0 fully saturated rings. The molecule has 3 heteroatoms. The van der Waals surface area contributed by atoms with Crippen LogP contribution in [-0.2, 0) is 0 Å². The van der Waals surface area contributed by atoms with E-state index in [4.69, 9.17) is 9.40 Å². The Bertz CT molecular complexity index is 2900. The molecule has 0 aliphatic rings. The molecule has 0 spiro atoms. The van der Waals surface area contributed by atoms with Crippen LogP contribution in [0.25, 0.3) is 77.5 Å². The van der Waals surface area contributed by atoms with Gasteiger partial charge in [0.25, 0.3) is 0 Å². The van der Waals surface area contributed by atoms with Crippen LogP contribution in [0.4, 0.5) is 17.1 Å². The van der Waals surface area contributed by atoms with E-state index < -0.39 is 0 Å². The summed E-state index contributed by atoms with van der Waals surface area (Å²) >= 11 is 0. The highest BCUT2D eigenvalue weighted by molar-refractivity contribution is 6.05. The highest BCUT2D eigenvalue weighted by atomic mass is 16.3. The second kappa shape index (κ2) is 13.4. The monoisotopic (exact) mass is 690 g/mol. The number of anilines is 3. The van der Waals surface area contributed by atoms with Gasteiger partial charge in [0.15, 0.2) is 5.58 Å². The van der Waals surface area contributed by atoms with Crippen molar-refractivity contribution in [3.8, 4) is 44.8 Å². The van der Waals surface area contributed by atoms with Crippen molar-refractivity contribution in [1.82, 2.24) is 4.98 Å². The van der Waals surface area contributed by atoms with E-state index in [-0.39, 0.29) is 0 Å². The summed E-state index contributed by atoms with van der Waals surface area (Å²) in [4.78, 5) is 7.17. The van der Waals surface area contributed by atoms with E-state index in [1.807, 2.05) is 36.4 Å². The second-order valence-electron chi connectivity index (χ2n) is 13.6. The lowest BCUT2D eigenvalue weighted by molar-refractivity contribution is 0.620. The van der Waals surface area contributed by atoms with E-state index in [1.165, 1.54) is 44.2 Å². The zero-order valence-corrected chi connectivity index (χ0v) is 29.4. The van der Waals surface area contributed by atoms with Gasteiger partial charge in [-0.2, -0.15) is 0 Å². The van der Waals surface area contributed by atoms with Crippen molar-refractivity contribution >= 4 is 49.7 Å². The van der Waals surface area contributed by atoms with Crippen molar-refractivity contribution in [1.29, 1.82) is 0 Å². The van der Waals surface area contributed by atoms with E-state index in [0.717, 1.165) is 44.5 Å². The first-order valence-electron chi connectivity index (χ1n) is 18.3. The zero-order valence-electron chi connectivity index (χ0n) is 29.4. The molecule has 0 radical (unpaired) electrons. The molecule has 0 aliphatic heterocycles. The molecule has 10 aromatic rings. The third kappa shape index (κ3) is 5.88. The molecule has 3 nitrogen and oxygen atoms in total. The third-order valence-electron chi connectivity index (χ3n) is 10.3. The Balaban J connectivity index is 0.911.